The van der Waals surface area contributed by atoms with E-state index in [1.54, 1.807) is 0 Å². The molecule has 2 aliphatic rings. The predicted octanol–water partition coefficient (Wildman–Crippen LogP) is 3.22. The van der Waals surface area contributed by atoms with Crippen LogP contribution in [0, 0.1) is 5.92 Å². The third-order valence-corrected chi connectivity index (χ3v) is 5.76. The molecule has 27 heavy (non-hydrogen) atoms. The predicted molar refractivity (Wildman–Crippen MR) is 102 cm³/mol. The molecule has 1 aromatic rings. The van der Waals surface area contributed by atoms with Crippen molar-refractivity contribution in [3.05, 3.63) is 35.9 Å². The van der Waals surface area contributed by atoms with Gasteiger partial charge in [-0.2, -0.15) is 0 Å². The van der Waals surface area contributed by atoms with Gasteiger partial charge in [0, 0.05) is 18.6 Å². The first-order chi connectivity index (χ1) is 12.9. The molecule has 0 bridgehead atoms. The summed E-state index contributed by atoms with van der Waals surface area (Å²) in [5, 5.41) is 0. The third-order valence-electron chi connectivity index (χ3n) is 5.76. The summed E-state index contributed by atoms with van der Waals surface area (Å²) in [6, 6.07) is 9.44. The van der Waals surface area contributed by atoms with E-state index in [0.717, 1.165) is 36.1 Å². The molecular weight excluding hydrogens is 342 g/mol. The summed E-state index contributed by atoms with van der Waals surface area (Å²) in [6.07, 6.45) is 3.88. The van der Waals surface area contributed by atoms with E-state index in [9.17, 15) is 14.4 Å². The van der Waals surface area contributed by atoms with Gasteiger partial charge in [0.1, 0.15) is 0 Å². The number of rotatable bonds is 6. The minimum atomic E-state index is -0.698. The van der Waals surface area contributed by atoms with Crippen LogP contribution >= 0.6 is 0 Å². The van der Waals surface area contributed by atoms with Crippen molar-refractivity contribution in [2.75, 3.05) is 6.67 Å². The SMILES string of the molecule is CC(C)N(Cc1ccccc1)CN1C(=O)C(=O)N([C@@H]2CCCC[C@H]2C)C1=O. The van der Waals surface area contributed by atoms with Gasteiger partial charge in [-0.05, 0) is 38.2 Å². The van der Waals surface area contributed by atoms with Crippen LogP contribution in [-0.2, 0) is 16.1 Å². The number of urea groups is 1. The highest BCUT2D eigenvalue weighted by molar-refractivity contribution is 6.44. The van der Waals surface area contributed by atoms with E-state index in [-0.39, 0.29) is 24.7 Å². The standard InChI is InChI=1S/C21H29N3O3/c1-15(2)22(13-17-10-5-4-6-11-17)14-23-19(25)20(26)24(21(23)27)18-12-8-7-9-16(18)3/h4-6,10-11,15-16,18H,7-9,12-14H2,1-3H3/t16-,18-/m1/s1. The Hall–Kier alpha value is -2.21. The zero-order valence-electron chi connectivity index (χ0n) is 16.4. The Labute approximate surface area is 161 Å². The van der Waals surface area contributed by atoms with Gasteiger partial charge in [-0.3, -0.25) is 19.4 Å². The Balaban J connectivity index is 1.75. The van der Waals surface area contributed by atoms with E-state index < -0.39 is 17.8 Å². The van der Waals surface area contributed by atoms with Crippen molar-refractivity contribution in [1.29, 1.82) is 0 Å². The van der Waals surface area contributed by atoms with E-state index in [2.05, 4.69) is 6.92 Å². The molecule has 0 N–H and O–H groups in total. The summed E-state index contributed by atoms with van der Waals surface area (Å²) in [7, 11) is 0. The smallest absolute Gasteiger partial charge is 0.279 e. The Bertz CT molecular complexity index is 704. The molecule has 6 nitrogen and oxygen atoms in total. The van der Waals surface area contributed by atoms with Crippen molar-refractivity contribution in [2.45, 2.75) is 65.1 Å². The van der Waals surface area contributed by atoms with Gasteiger partial charge in [-0.15, -0.1) is 0 Å². The van der Waals surface area contributed by atoms with Crippen molar-refractivity contribution < 1.29 is 14.4 Å². The highest BCUT2D eigenvalue weighted by atomic mass is 16.2. The fourth-order valence-corrected chi connectivity index (χ4v) is 4.02. The Morgan fingerprint density at radius 1 is 1.04 bits per heavy atom. The summed E-state index contributed by atoms with van der Waals surface area (Å²) in [5.74, 6) is -1.12. The molecule has 146 valence electrons. The zero-order chi connectivity index (χ0) is 19.6. The Kier molecular flexibility index (Phi) is 5.95. The van der Waals surface area contributed by atoms with Crippen LogP contribution < -0.4 is 0 Å². The van der Waals surface area contributed by atoms with Gasteiger partial charge in [0.2, 0.25) is 0 Å². The van der Waals surface area contributed by atoms with Gasteiger partial charge in [0.25, 0.3) is 0 Å². The van der Waals surface area contributed by atoms with Gasteiger partial charge < -0.3 is 0 Å². The largest absolute Gasteiger partial charge is 0.335 e. The zero-order valence-corrected chi connectivity index (χ0v) is 16.4. The molecule has 0 spiro atoms. The topological polar surface area (TPSA) is 60.9 Å². The molecule has 0 unspecified atom stereocenters. The first kappa shape index (κ1) is 19.5. The molecule has 6 heteroatoms. The number of carbonyl (C=O) groups is 3. The van der Waals surface area contributed by atoms with Gasteiger partial charge >= 0.3 is 17.8 Å². The first-order valence-corrected chi connectivity index (χ1v) is 9.87. The fraction of sp³-hybridized carbons (Fsp3) is 0.571. The van der Waals surface area contributed by atoms with Gasteiger partial charge in [-0.1, -0.05) is 50.1 Å². The molecule has 1 heterocycles. The van der Waals surface area contributed by atoms with Crippen molar-refractivity contribution in [1.82, 2.24) is 14.7 Å². The quantitative estimate of drug-likeness (QED) is 0.569. The summed E-state index contributed by atoms with van der Waals surface area (Å²) >= 11 is 0. The normalized spacial score (nSPS) is 23.8. The van der Waals surface area contributed by atoms with Gasteiger partial charge in [0.15, 0.2) is 0 Å². The molecule has 1 saturated carbocycles. The maximum absolute atomic E-state index is 13.0. The number of imide groups is 2. The molecule has 0 aromatic heterocycles. The summed E-state index contributed by atoms with van der Waals surface area (Å²) in [4.78, 5) is 42.5. The number of hydrogen-bond donors (Lipinski definition) is 0. The third kappa shape index (κ3) is 4.05. The lowest BCUT2D eigenvalue weighted by molar-refractivity contribution is -0.145. The summed E-state index contributed by atoms with van der Waals surface area (Å²) in [6.45, 7) is 6.86. The maximum atomic E-state index is 13.0. The lowest BCUT2D eigenvalue weighted by Crippen LogP contribution is -2.48. The van der Waals surface area contributed by atoms with Crippen LogP contribution in [0.4, 0.5) is 4.79 Å². The van der Waals surface area contributed by atoms with Gasteiger partial charge in [0.05, 0.1) is 6.67 Å². The van der Waals surface area contributed by atoms with Crippen LogP contribution in [0.3, 0.4) is 0 Å². The Morgan fingerprint density at radius 2 is 1.70 bits per heavy atom. The van der Waals surface area contributed by atoms with E-state index in [1.165, 1.54) is 4.90 Å². The molecule has 1 aliphatic heterocycles. The highest BCUT2D eigenvalue weighted by Gasteiger charge is 2.49. The molecule has 0 radical (unpaired) electrons. The van der Waals surface area contributed by atoms with E-state index >= 15 is 0 Å². The lowest BCUT2D eigenvalue weighted by Gasteiger charge is -2.34. The van der Waals surface area contributed by atoms with Crippen molar-refractivity contribution >= 4 is 17.8 Å². The molecule has 1 aliphatic carbocycles. The first-order valence-electron chi connectivity index (χ1n) is 9.87. The van der Waals surface area contributed by atoms with Crippen molar-refractivity contribution in [2.24, 2.45) is 5.92 Å². The lowest BCUT2D eigenvalue weighted by atomic mass is 9.85. The molecule has 2 fully saturated rings. The summed E-state index contributed by atoms with van der Waals surface area (Å²) < 4.78 is 0. The second-order valence-corrected chi connectivity index (χ2v) is 7.99. The minimum Gasteiger partial charge on any atom is -0.279 e. The second kappa shape index (κ2) is 8.21. The average molecular weight is 371 g/mol. The average Bonchev–Trinajstić information content (AvgIpc) is 2.86. The summed E-state index contributed by atoms with van der Waals surface area (Å²) in [5.41, 5.74) is 1.11. The highest BCUT2D eigenvalue weighted by Crippen LogP contribution is 2.31. The molecule has 1 aromatic carbocycles. The van der Waals surface area contributed by atoms with Crippen molar-refractivity contribution in [3.8, 4) is 0 Å². The van der Waals surface area contributed by atoms with Crippen LogP contribution in [0.1, 0.15) is 52.0 Å². The Morgan fingerprint density at radius 3 is 2.33 bits per heavy atom. The molecule has 3 rings (SSSR count). The number of nitrogens with zero attached hydrogens (tertiary/aromatic N) is 3. The monoisotopic (exact) mass is 371 g/mol. The maximum Gasteiger partial charge on any atom is 0.335 e. The van der Waals surface area contributed by atoms with Crippen LogP contribution in [0.15, 0.2) is 30.3 Å². The molecule has 1 saturated heterocycles. The van der Waals surface area contributed by atoms with Crippen LogP contribution in [0.25, 0.3) is 0 Å². The van der Waals surface area contributed by atoms with Crippen molar-refractivity contribution in [3.63, 3.8) is 0 Å². The number of hydrogen-bond acceptors (Lipinski definition) is 4. The van der Waals surface area contributed by atoms with Crippen LogP contribution in [0.2, 0.25) is 0 Å². The van der Waals surface area contributed by atoms with Crippen LogP contribution in [0.5, 0.6) is 0 Å². The van der Waals surface area contributed by atoms with Gasteiger partial charge in [-0.25, -0.2) is 9.69 Å². The second-order valence-electron chi connectivity index (χ2n) is 7.99. The van der Waals surface area contributed by atoms with E-state index in [4.69, 9.17) is 0 Å². The van der Waals surface area contributed by atoms with Crippen LogP contribution in [-0.4, -0.2) is 51.3 Å². The van der Waals surface area contributed by atoms with E-state index in [0.29, 0.717) is 6.54 Å². The molecule has 4 amide bonds. The fourth-order valence-electron chi connectivity index (χ4n) is 4.02. The number of benzene rings is 1. The minimum absolute atomic E-state index is 0.128. The van der Waals surface area contributed by atoms with E-state index in [1.807, 2.05) is 49.1 Å². The molecular formula is C21H29N3O3. The molecule has 2 atom stereocenters. The number of amides is 4. The number of carbonyl (C=O) groups excluding carboxylic acids is 3.